The number of carbonyl (C=O) groups is 6. The summed E-state index contributed by atoms with van der Waals surface area (Å²) >= 11 is 0. The van der Waals surface area contributed by atoms with E-state index < -0.39 is 120 Å². The summed E-state index contributed by atoms with van der Waals surface area (Å²) in [4.78, 5) is 111. The first kappa shape index (κ1) is 67.5. The minimum absolute atomic E-state index is 0.0278. The topological polar surface area (TPSA) is 389 Å². The van der Waals surface area contributed by atoms with Gasteiger partial charge in [-0.25, -0.2) is 9.55 Å². The van der Waals surface area contributed by atoms with Gasteiger partial charge in [0.1, 0.15) is 18.3 Å². The molecule has 8 bridgehead atoms. The quantitative estimate of drug-likeness (QED) is 0.0437. The van der Waals surface area contributed by atoms with Gasteiger partial charge in [-0.05, 0) is 108 Å². The summed E-state index contributed by atoms with van der Waals surface area (Å²) in [6.07, 6.45) is 0.0643. The van der Waals surface area contributed by atoms with Gasteiger partial charge in [0.25, 0.3) is 0 Å². The number of aliphatic hydroxyl groups excluding tert-OH is 2. The van der Waals surface area contributed by atoms with Gasteiger partial charge in [0.15, 0.2) is 6.23 Å². The third-order valence-corrected chi connectivity index (χ3v) is 21.6. The molecule has 6 amide bonds. The molecule has 1 aromatic carbocycles. The molecule has 6 aliphatic heterocycles. The van der Waals surface area contributed by atoms with E-state index in [1.165, 1.54) is 13.3 Å². The normalized spacial score (nSPS) is 32.5. The van der Waals surface area contributed by atoms with Crippen LogP contribution in [0.25, 0.3) is 11.0 Å². The summed E-state index contributed by atoms with van der Waals surface area (Å²) < 4.78 is 32.3. The number of fused-ring (bicyclic) bond motifs is 7. The van der Waals surface area contributed by atoms with E-state index >= 15 is 0 Å². The molecule has 15 atom stereocenters. The Balaban J connectivity index is 1.18. The molecule has 25 nitrogen and oxygen atoms in total. The van der Waals surface area contributed by atoms with Crippen molar-refractivity contribution in [2.24, 2.45) is 77.5 Å². The smallest absolute Gasteiger partial charge is 0.394 e. The maximum atomic E-state index is 14.4. The average molecular weight is 1240 g/mol. The van der Waals surface area contributed by atoms with Crippen LogP contribution in [0.4, 0.5) is 0 Å². The van der Waals surface area contributed by atoms with Crippen LogP contribution in [-0.2, 0) is 47.1 Å². The van der Waals surface area contributed by atoms with Crippen molar-refractivity contribution in [3.8, 4) is 0 Å². The number of nitrogens with zero attached hydrogens (tertiary/aromatic N) is 5. The molecule has 6 aliphatic rings. The van der Waals surface area contributed by atoms with Crippen LogP contribution in [0.15, 0.2) is 67.8 Å². The predicted molar refractivity (Wildman–Crippen MR) is 331 cm³/mol. The molecule has 7 heterocycles. The number of aliphatic imine (C=N–C) groups is 3. The van der Waals surface area contributed by atoms with Crippen molar-refractivity contribution in [3.05, 3.63) is 63.9 Å². The Bertz CT molecular complexity index is 3350. The lowest BCUT2D eigenvalue weighted by Gasteiger charge is -2.48. The number of aromatic nitrogens is 2. The summed E-state index contributed by atoms with van der Waals surface area (Å²) in [5.74, 6) is -3.87. The number of hydrogen-bond acceptors (Lipinski definition) is 17. The number of rotatable bonds is 27. The molecule has 2 saturated heterocycles. The number of phosphoric ester groups is 1. The summed E-state index contributed by atoms with van der Waals surface area (Å²) in [6.45, 7) is 22.6. The van der Waals surface area contributed by atoms with Crippen molar-refractivity contribution in [3.63, 3.8) is 0 Å². The van der Waals surface area contributed by atoms with Gasteiger partial charge in [-0.15, -0.1) is 0 Å². The second-order valence-electron chi connectivity index (χ2n) is 26.6. The number of aliphatic hydroxyl groups is 2. The minimum atomic E-state index is -5.03. The van der Waals surface area contributed by atoms with Crippen molar-refractivity contribution >= 4 is 72.4 Å². The van der Waals surface area contributed by atoms with Crippen LogP contribution in [0.2, 0.25) is 0 Å². The lowest BCUT2D eigenvalue weighted by atomic mass is 9.57. The van der Waals surface area contributed by atoms with E-state index in [1.54, 1.807) is 4.57 Å². The van der Waals surface area contributed by atoms with E-state index in [4.69, 9.17) is 46.0 Å². The van der Waals surface area contributed by atoms with Crippen molar-refractivity contribution in [2.75, 3.05) is 26.2 Å². The van der Waals surface area contributed by atoms with E-state index in [2.05, 4.69) is 47.0 Å². The molecule has 0 radical (unpaired) electrons. The van der Waals surface area contributed by atoms with Gasteiger partial charge >= 0.3 is 7.82 Å². The zero-order valence-electron chi connectivity index (χ0n) is 52.8. The van der Waals surface area contributed by atoms with Crippen LogP contribution < -0.4 is 38.5 Å². The Morgan fingerprint density at radius 1 is 0.898 bits per heavy atom. The lowest BCUT2D eigenvalue weighted by molar-refractivity contribution is -0.122. The van der Waals surface area contributed by atoms with Crippen molar-refractivity contribution in [1.82, 2.24) is 30.8 Å². The number of ether oxygens (including phenoxy) is 1. The van der Waals surface area contributed by atoms with Gasteiger partial charge < -0.3 is 62.9 Å². The van der Waals surface area contributed by atoms with Gasteiger partial charge in [-0.3, -0.25) is 52.8 Å². The Morgan fingerprint density at radius 2 is 1.56 bits per heavy atom. The fraction of sp³-hybridized carbons (Fsp3) is 0.645. The molecular formula is C62H91N12O13P. The second kappa shape index (κ2) is 25.8. The zero-order valence-corrected chi connectivity index (χ0v) is 53.7. The third kappa shape index (κ3) is 12.4. The summed E-state index contributed by atoms with van der Waals surface area (Å²) in [7, 11) is -5.03. The standard InChI is InChI=1S/C62H91N12O13P/c1-13-14-37-41-23-45-58(7,8)38(15-17-46(63)78)50(71-45)35(5)54-59(9,20-19-49(81)68-25-34(4)86-88(83,84)87-53-44(27-75)85-57(52(53)82)74-29-69-42-21-32(2)33(3)22-43(42)74)40(26-66-30-76)56(72-54)62(12)61(11,28-67-31-77)39(16-18-47(64)79)51(73-62)36(6)55(70-41)60(37,10)24-48(65)80/h21-23,29-31,34,37-40,44,52-53,56-57,70,75,82H,13-20,24-28H2,1-12H3,(H2,63,78)(H2,64,79)(H2,65,80)(H,66,76)(H,67,77)(H,68,81)(H,83,84)/t34-,37-,38-,39-,40+,44-,52?,53?,56-,57?,59-,60+,61+,62+/m1/s1. The number of carbonyl (C=O) groups excluding carboxylic acids is 6. The highest BCUT2D eigenvalue weighted by Gasteiger charge is 2.66. The van der Waals surface area contributed by atoms with Gasteiger partial charge in [0.05, 0.1) is 41.7 Å². The molecule has 1 aromatic heterocycles. The number of imidazole rings is 1. The van der Waals surface area contributed by atoms with E-state index in [-0.39, 0.29) is 64.1 Å². The van der Waals surface area contributed by atoms with Crippen molar-refractivity contribution in [2.45, 2.75) is 183 Å². The third-order valence-electron chi connectivity index (χ3n) is 20.5. The van der Waals surface area contributed by atoms with E-state index in [9.17, 15) is 48.4 Å². The maximum absolute atomic E-state index is 14.4. The number of hydrogen-bond donors (Lipinski definition) is 10. The zero-order chi connectivity index (χ0) is 64.8. The van der Waals surface area contributed by atoms with Crippen molar-refractivity contribution in [1.29, 1.82) is 0 Å². The van der Waals surface area contributed by atoms with Crippen LogP contribution in [0, 0.1) is 59.2 Å². The number of allylic oxidation sites excluding steroid dienone is 6. The van der Waals surface area contributed by atoms with Crippen molar-refractivity contribution < 1.29 is 62.2 Å². The summed E-state index contributed by atoms with van der Waals surface area (Å²) in [5, 5.41) is 34.3. The fourth-order valence-corrected chi connectivity index (χ4v) is 16.4. The fourth-order valence-electron chi connectivity index (χ4n) is 15.3. The molecule has 13 N–H and O–H groups in total. The molecule has 8 rings (SSSR count). The Labute approximate surface area is 514 Å². The van der Waals surface area contributed by atoms with E-state index in [1.807, 2.05) is 73.6 Å². The molecule has 26 heteroatoms. The molecule has 2 aromatic rings. The number of primary amides is 3. The van der Waals surface area contributed by atoms with Gasteiger partial charge in [0.2, 0.25) is 36.4 Å². The number of benzene rings is 1. The average Bonchev–Trinajstić information content (AvgIpc) is 1.54. The maximum Gasteiger partial charge on any atom is 0.472 e. The first-order valence-corrected chi connectivity index (χ1v) is 32.0. The van der Waals surface area contributed by atoms with Crippen LogP contribution in [-0.4, -0.2) is 140 Å². The second-order valence-corrected chi connectivity index (χ2v) is 27.9. The molecule has 0 spiro atoms. The Hall–Kier alpha value is -6.47. The highest BCUT2D eigenvalue weighted by Crippen LogP contribution is 2.61. The molecular weight excluding hydrogens is 1150 g/mol. The molecule has 2 fully saturated rings. The highest BCUT2D eigenvalue weighted by molar-refractivity contribution is 7.47. The van der Waals surface area contributed by atoms with Gasteiger partial charge in [-0.2, -0.15) is 0 Å². The first-order valence-electron chi connectivity index (χ1n) is 30.5. The number of aryl methyl sites for hydroxylation is 2. The predicted octanol–water partition coefficient (Wildman–Crippen LogP) is 4.44. The number of phosphoric acid groups is 1. The monoisotopic (exact) mass is 1240 g/mol. The Kier molecular flexibility index (Phi) is 19.8. The highest BCUT2D eigenvalue weighted by atomic mass is 31.2. The largest absolute Gasteiger partial charge is 0.472 e. The SMILES string of the molecule is CCC[C@@H]1C2=CC3=NC(=C(C)C4=N[C@H]([C@H](CNC=O)[C@@]4(C)CCC(=O)NC[C@@H](C)OP(=O)(O)OC4C(O)C(n5cnc6cc(C)c(C)cc65)O[C@@H]4CO)[C@]4(C)N=C(C(C)=C(N2)[C@@]1(C)CC(N)=O)[C@@H](CCC(N)=O)[C@]4(C)CNC=O)[C@@H](CCC(N)=O)C3(C)C. The van der Waals surface area contributed by atoms with Gasteiger partial charge in [-0.1, -0.05) is 48.0 Å². The number of nitrogens with one attached hydrogen (secondary N) is 4. The van der Waals surface area contributed by atoms with E-state index in [0.29, 0.717) is 76.4 Å². The Morgan fingerprint density at radius 3 is 2.18 bits per heavy atom. The first-order chi connectivity index (χ1) is 41.3. The molecule has 0 saturated carbocycles. The molecule has 88 heavy (non-hydrogen) atoms. The molecule has 482 valence electrons. The molecule has 4 unspecified atom stereocenters. The minimum Gasteiger partial charge on any atom is -0.394 e. The molecule has 0 aliphatic carbocycles. The van der Waals surface area contributed by atoms with Crippen LogP contribution in [0.3, 0.4) is 0 Å². The summed E-state index contributed by atoms with van der Waals surface area (Å²) in [6, 6.07) is 2.94. The summed E-state index contributed by atoms with van der Waals surface area (Å²) in [5.41, 5.74) is 21.6. The lowest BCUT2D eigenvalue weighted by Crippen LogP contribution is -2.59. The van der Waals surface area contributed by atoms with Crippen LogP contribution in [0.5, 0.6) is 0 Å². The number of nitrogens with two attached hydrogens (primary N) is 3. The van der Waals surface area contributed by atoms with Gasteiger partial charge in [0, 0.05) is 125 Å². The van der Waals surface area contributed by atoms with E-state index in [0.717, 1.165) is 23.2 Å². The van der Waals surface area contributed by atoms with Crippen LogP contribution >= 0.6 is 7.82 Å². The van der Waals surface area contributed by atoms with Crippen LogP contribution in [0.1, 0.15) is 144 Å². The number of amides is 6.